The van der Waals surface area contributed by atoms with E-state index >= 15 is 0 Å². The average molecular weight is 231 g/mol. The second-order valence-corrected chi connectivity index (χ2v) is 4.33. The summed E-state index contributed by atoms with van der Waals surface area (Å²) < 4.78 is 0. The van der Waals surface area contributed by atoms with Crippen molar-refractivity contribution in [1.29, 1.82) is 0 Å². The van der Waals surface area contributed by atoms with E-state index in [0.717, 1.165) is 0 Å². The van der Waals surface area contributed by atoms with Crippen LogP contribution in [0.15, 0.2) is 0 Å². The Bertz CT molecular complexity index is 231. The zero-order valence-corrected chi connectivity index (χ0v) is 10.7. The third kappa shape index (κ3) is 5.09. The van der Waals surface area contributed by atoms with Crippen LogP contribution in [0.25, 0.3) is 0 Å². The molecule has 4 nitrogen and oxygen atoms in total. The fourth-order valence-corrected chi connectivity index (χ4v) is 1.57. The van der Waals surface area contributed by atoms with Crippen molar-refractivity contribution in [1.82, 2.24) is 10.2 Å². The van der Waals surface area contributed by atoms with Gasteiger partial charge in [-0.3, -0.25) is 9.69 Å². The molecule has 0 aromatic rings. The lowest BCUT2D eigenvalue weighted by Crippen LogP contribution is -2.50. The highest BCUT2D eigenvalue weighted by atomic mass is 32.1. The number of likely N-dealkylation sites (N-methyl/N-ethyl adjacent to an activating group) is 1. The largest absolute Gasteiger partial charge is 0.392 e. The molecule has 0 aromatic heterocycles. The Balaban J connectivity index is 4.47. The van der Waals surface area contributed by atoms with Crippen molar-refractivity contribution < 1.29 is 4.79 Å². The number of thiocarbonyl (C=S) groups is 1. The van der Waals surface area contributed by atoms with Gasteiger partial charge in [0.1, 0.15) is 0 Å². The average Bonchev–Trinajstić information content (AvgIpc) is 2.12. The predicted molar refractivity (Wildman–Crippen MR) is 66.8 cm³/mol. The summed E-state index contributed by atoms with van der Waals surface area (Å²) in [5.74, 6) is 0.0162. The summed E-state index contributed by atoms with van der Waals surface area (Å²) in [6.45, 7) is 8.93. The third-order valence-electron chi connectivity index (χ3n) is 2.23. The van der Waals surface area contributed by atoms with Gasteiger partial charge in [0, 0.05) is 19.1 Å². The summed E-state index contributed by atoms with van der Waals surface area (Å²) in [7, 11) is 0. The first kappa shape index (κ1) is 14.3. The van der Waals surface area contributed by atoms with E-state index in [9.17, 15) is 4.79 Å². The molecule has 0 saturated carbocycles. The Morgan fingerprint density at radius 1 is 1.47 bits per heavy atom. The minimum absolute atomic E-state index is 0.0162. The molecule has 0 aliphatic rings. The Labute approximate surface area is 97.2 Å². The van der Waals surface area contributed by atoms with E-state index in [1.54, 1.807) is 0 Å². The molecule has 0 aliphatic carbocycles. The molecule has 0 aromatic carbocycles. The van der Waals surface area contributed by atoms with Gasteiger partial charge < -0.3 is 11.1 Å². The third-order valence-corrected chi connectivity index (χ3v) is 2.36. The molecule has 1 atom stereocenters. The number of nitrogens with two attached hydrogens (primary N) is 1. The highest BCUT2D eigenvalue weighted by Gasteiger charge is 2.23. The van der Waals surface area contributed by atoms with Gasteiger partial charge in [-0.1, -0.05) is 12.2 Å². The molecule has 0 fully saturated rings. The molecule has 0 saturated heterocycles. The van der Waals surface area contributed by atoms with Gasteiger partial charge in [0.05, 0.1) is 11.0 Å². The quantitative estimate of drug-likeness (QED) is 0.654. The lowest BCUT2D eigenvalue weighted by atomic mass is 10.2. The van der Waals surface area contributed by atoms with Crippen LogP contribution >= 0.6 is 12.2 Å². The molecule has 0 heterocycles. The summed E-state index contributed by atoms with van der Waals surface area (Å²) >= 11 is 4.87. The minimum atomic E-state index is -0.202. The number of carbonyl (C=O) groups is 1. The van der Waals surface area contributed by atoms with Gasteiger partial charge in [0.25, 0.3) is 0 Å². The predicted octanol–water partition coefficient (Wildman–Crippen LogP) is 0.508. The number of hydrogen-bond donors (Lipinski definition) is 2. The first-order valence-corrected chi connectivity index (χ1v) is 5.62. The van der Waals surface area contributed by atoms with Gasteiger partial charge >= 0.3 is 0 Å². The lowest BCUT2D eigenvalue weighted by molar-refractivity contribution is -0.126. The van der Waals surface area contributed by atoms with E-state index < -0.39 is 0 Å². The van der Waals surface area contributed by atoms with Crippen LogP contribution in [-0.2, 0) is 4.79 Å². The minimum Gasteiger partial charge on any atom is -0.392 e. The maximum absolute atomic E-state index is 11.6. The number of nitrogens with one attached hydrogen (secondary N) is 1. The van der Waals surface area contributed by atoms with Crippen LogP contribution in [0.2, 0.25) is 0 Å². The molecular weight excluding hydrogens is 210 g/mol. The van der Waals surface area contributed by atoms with Crippen molar-refractivity contribution in [2.45, 2.75) is 39.8 Å². The van der Waals surface area contributed by atoms with Gasteiger partial charge in [-0.25, -0.2) is 0 Å². The standard InChI is InChI=1S/C10H21N3OS/c1-5-12-10(14)8(4)13(7(2)3)6-9(11)15/h7-8H,5-6H2,1-4H3,(H2,11,15)(H,12,14). The van der Waals surface area contributed by atoms with Crippen molar-refractivity contribution in [3.8, 4) is 0 Å². The maximum Gasteiger partial charge on any atom is 0.237 e. The normalized spacial score (nSPS) is 12.9. The molecule has 0 aliphatic heterocycles. The number of hydrogen-bond acceptors (Lipinski definition) is 3. The smallest absolute Gasteiger partial charge is 0.237 e. The van der Waals surface area contributed by atoms with Crippen molar-refractivity contribution in [2.75, 3.05) is 13.1 Å². The highest BCUT2D eigenvalue weighted by Crippen LogP contribution is 2.05. The second-order valence-electron chi connectivity index (χ2n) is 3.80. The molecule has 3 N–H and O–H groups in total. The van der Waals surface area contributed by atoms with E-state index in [1.807, 2.05) is 32.6 Å². The van der Waals surface area contributed by atoms with Gasteiger partial charge in [-0.05, 0) is 27.7 Å². The van der Waals surface area contributed by atoms with E-state index in [4.69, 9.17) is 18.0 Å². The SMILES string of the molecule is CCNC(=O)C(C)N(CC(N)=S)C(C)C. The Morgan fingerprint density at radius 3 is 2.33 bits per heavy atom. The first-order valence-electron chi connectivity index (χ1n) is 5.21. The molecule has 0 radical (unpaired) electrons. The molecular formula is C10H21N3OS. The maximum atomic E-state index is 11.6. The van der Waals surface area contributed by atoms with E-state index in [-0.39, 0.29) is 18.0 Å². The van der Waals surface area contributed by atoms with Gasteiger partial charge in [-0.15, -0.1) is 0 Å². The first-order chi connectivity index (χ1) is 6.90. The number of amides is 1. The molecule has 5 heteroatoms. The van der Waals surface area contributed by atoms with Gasteiger partial charge in [-0.2, -0.15) is 0 Å². The van der Waals surface area contributed by atoms with Crippen molar-refractivity contribution in [3.05, 3.63) is 0 Å². The molecule has 15 heavy (non-hydrogen) atoms. The number of carbonyl (C=O) groups excluding carboxylic acids is 1. The van der Waals surface area contributed by atoms with Crippen LogP contribution < -0.4 is 11.1 Å². The molecule has 0 bridgehead atoms. The fraction of sp³-hybridized carbons (Fsp3) is 0.800. The van der Waals surface area contributed by atoms with Crippen LogP contribution in [0.4, 0.5) is 0 Å². The summed E-state index contributed by atoms with van der Waals surface area (Å²) in [5.41, 5.74) is 5.50. The summed E-state index contributed by atoms with van der Waals surface area (Å²) in [5, 5.41) is 2.79. The molecule has 0 spiro atoms. The zero-order valence-electron chi connectivity index (χ0n) is 9.91. The van der Waals surface area contributed by atoms with E-state index in [1.165, 1.54) is 0 Å². The topological polar surface area (TPSA) is 58.4 Å². The highest BCUT2D eigenvalue weighted by molar-refractivity contribution is 7.80. The van der Waals surface area contributed by atoms with E-state index in [2.05, 4.69) is 5.32 Å². The monoisotopic (exact) mass is 231 g/mol. The fourth-order valence-electron chi connectivity index (χ4n) is 1.42. The van der Waals surface area contributed by atoms with Crippen LogP contribution in [0.1, 0.15) is 27.7 Å². The van der Waals surface area contributed by atoms with Crippen molar-refractivity contribution in [2.24, 2.45) is 5.73 Å². The molecule has 0 rings (SSSR count). The van der Waals surface area contributed by atoms with Crippen LogP contribution in [0.5, 0.6) is 0 Å². The van der Waals surface area contributed by atoms with Crippen LogP contribution in [-0.4, -0.2) is 41.0 Å². The Kier molecular flexibility index (Phi) is 6.43. The number of nitrogens with zero attached hydrogens (tertiary/aromatic N) is 1. The summed E-state index contributed by atoms with van der Waals surface area (Å²) in [4.78, 5) is 14.0. The van der Waals surface area contributed by atoms with Gasteiger partial charge in [0.2, 0.25) is 5.91 Å². The van der Waals surface area contributed by atoms with Crippen molar-refractivity contribution >= 4 is 23.1 Å². The molecule has 88 valence electrons. The van der Waals surface area contributed by atoms with Gasteiger partial charge in [0.15, 0.2) is 0 Å². The second kappa shape index (κ2) is 6.74. The number of rotatable bonds is 6. The Morgan fingerprint density at radius 2 is 2.00 bits per heavy atom. The van der Waals surface area contributed by atoms with Crippen LogP contribution in [0.3, 0.4) is 0 Å². The molecule has 1 amide bonds. The molecule has 1 unspecified atom stereocenters. The summed E-state index contributed by atoms with van der Waals surface area (Å²) in [6.07, 6.45) is 0. The lowest BCUT2D eigenvalue weighted by Gasteiger charge is -2.31. The zero-order chi connectivity index (χ0) is 12.0. The van der Waals surface area contributed by atoms with Crippen LogP contribution in [0, 0.1) is 0 Å². The summed E-state index contributed by atoms with van der Waals surface area (Å²) in [6, 6.07) is 0.0376. The van der Waals surface area contributed by atoms with Crippen molar-refractivity contribution in [3.63, 3.8) is 0 Å². The Hall–Kier alpha value is -0.680. The van der Waals surface area contributed by atoms with E-state index in [0.29, 0.717) is 18.1 Å².